The normalized spacial score (nSPS) is 17.6. The van der Waals surface area contributed by atoms with Crippen molar-refractivity contribution in [2.75, 3.05) is 20.7 Å². The molecule has 0 aliphatic carbocycles. The summed E-state index contributed by atoms with van der Waals surface area (Å²) in [6, 6.07) is 8.07. The predicted molar refractivity (Wildman–Crippen MR) is 109 cm³/mol. The van der Waals surface area contributed by atoms with Crippen molar-refractivity contribution >= 4 is 34.2 Å². The van der Waals surface area contributed by atoms with Crippen LogP contribution in [-0.4, -0.2) is 46.2 Å². The Morgan fingerprint density at radius 3 is 2.44 bits per heavy atom. The van der Waals surface area contributed by atoms with E-state index in [0.717, 1.165) is 24.3 Å². The van der Waals surface area contributed by atoms with E-state index in [9.17, 15) is 4.79 Å². The topological polar surface area (TPSA) is 32.8 Å². The molecule has 0 bridgehead atoms. The van der Waals surface area contributed by atoms with Crippen LogP contribution < -0.4 is 4.74 Å². The molecule has 2 rings (SSSR count). The van der Waals surface area contributed by atoms with Gasteiger partial charge in [-0.2, -0.15) is 0 Å². The maximum Gasteiger partial charge on any atom is 0.256 e. The number of ether oxygens (including phenoxy) is 1. The molecule has 1 fully saturated rings. The molecule has 1 amide bonds. The number of thiocarbonyl (C=S) groups is 1. The van der Waals surface area contributed by atoms with Gasteiger partial charge in [0.25, 0.3) is 5.91 Å². The Morgan fingerprint density at radius 1 is 1.16 bits per heavy atom. The molecule has 1 atom stereocenters. The lowest BCUT2D eigenvalue weighted by Gasteiger charge is -2.22. The zero-order chi connectivity index (χ0) is 18.2. The molecule has 1 aliphatic heterocycles. The number of hydrogen-bond donors (Lipinski definition) is 0. The van der Waals surface area contributed by atoms with E-state index in [2.05, 4.69) is 6.92 Å². The monoisotopic (exact) mass is 380 g/mol. The zero-order valence-corrected chi connectivity index (χ0v) is 17.0. The van der Waals surface area contributed by atoms with Gasteiger partial charge in [0.15, 0.2) is 4.32 Å². The highest BCUT2D eigenvalue weighted by Crippen LogP contribution is 2.30. The molecule has 6 heteroatoms. The molecule has 0 N–H and O–H groups in total. The van der Waals surface area contributed by atoms with E-state index in [1.54, 1.807) is 10.0 Å². The Labute approximate surface area is 160 Å². The van der Waals surface area contributed by atoms with Gasteiger partial charge in [0, 0.05) is 14.1 Å². The van der Waals surface area contributed by atoms with Gasteiger partial charge in [-0.15, -0.1) is 0 Å². The van der Waals surface area contributed by atoms with E-state index in [0.29, 0.717) is 10.7 Å². The smallest absolute Gasteiger partial charge is 0.256 e. The van der Waals surface area contributed by atoms with Gasteiger partial charge in [-0.25, -0.2) is 10.0 Å². The first-order valence-corrected chi connectivity index (χ1v) is 10.2. The predicted octanol–water partition coefficient (Wildman–Crippen LogP) is 4.28. The summed E-state index contributed by atoms with van der Waals surface area (Å²) in [6.07, 6.45) is 6.88. The van der Waals surface area contributed by atoms with Gasteiger partial charge in [0.2, 0.25) is 0 Å². The SMILES string of the molecule is CCCCCCCOc1ccc(CC2SC(=S)N(N(C)C)C2=O)cc1. The van der Waals surface area contributed by atoms with Gasteiger partial charge in [-0.1, -0.05) is 68.7 Å². The average Bonchev–Trinajstić information content (AvgIpc) is 2.86. The second-order valence-electron chi connectivity index (χ2n) is 6.48. The Balaban J connectivity index is 1.79. The molecule has 0 spiro atoms. The summed E-state index contributed by atoms with van der Waals surface area (Å²) in [5, 5.41) is 3.18. The van der Waals surface area contributed by atoms with Crippen LogP contribution in [0.2, 0.25) is 0 Å². The van der Waals surface area contributed by atoms with Crippen LogP contribution in [0.15, 0.2) is 24.3 Å². The second-order valence-corrected chi connectivity index (χ2v) is 8.32. The first-order chi connectivity index (χ1) is 12.0. The molecule has 1 saturated heterocycles. The third-order valence-electron chi connectivity index (χ3n) is 4.16. The van der Waals surface area contributed by atoms with Crippen LogP contribution in [0.3, 0.4) is 0 Å². The minimum absolute atomic E-state index is 0.0624. The van der Waals surface area contributed by atoms with Crippen molar-refractivity contribution in [3.8, 4) is 5.75 Å². The lowest BCUT2D eigenvalue weighted by Crippen LogP contribution is -2.42. The molecule has 1 aliphatic rings. The lowest BCUT2D eigenvalue weighted by molar-refractivity contribution is -0.134. The van der Waals surface area contributed by atoms with Crippen LogP contribution in [-0.2, 0) is 11.2 Å². The maximum absolute atomic E-state index is 12.4. The number of nitrogens with zero attached hydrogens (tertiary/aromatic N) is 2. The minimum Gasteiger partial charge on any atom is -0.494 e. The molecule has 0 aromatic heterocycles. The lowest BCUT2D eigenvalue weighted by atomic mass is 10.1. The standard InChI is InChI=1S/C19H28N2O2S2/c1-4-5-6-7-8-13-23-16-11-9-15(10-12-16)14-17-18(22)21(20(2)3)19(24)25-17/h9-12,17H,4-8,13-14H2,1-3H3. The quantitative estimate of drug-likeness (QED) is 0.447. The molecule has 1 heterocycles. The number of hydrazine groups is 1. The number of carbonyl (C=O) groups excluding carboxylic acids is 1. The first kappa shape index (κ1) is 20.2. The Morgan fingerprint density at radius 2 is 1.84 bits per heavy atom. The fourth-order valence-corrected chi connectivity index (χ4v) is 4.44. The summed E-state index contributed by atoms with van der Waals surface area (Å²) in [7, 11) is 3.67. The molecule has 4 nitrogen and oxygen atoms in total. The number of benzene rings is 1. The van der Waals surface area contributed by atoms with Crippen molar-refractivity contribution < 1.29 is 9.53 Å². The van der Waals surface area contributed by atoms with Crippen LogP contribution in [0.1, 0.15) is 44.6 Å². The fraction of sp³-hybridized carbons (Fsp3) is 0.579. The summed E-state index contributed by atoms with van der Waals surface area (Å²) >= 11 is 6.77. The largest absolute Gasteiger partial charge is 0.494 e. The van der Waals surface area contributed by atoms with Crippen LogP contribution in [0.25, 0.3) is 0 Å². The molecular formula is C19H28N2O2S2. The van der Waals surface area contributed by atoms with Crippen molar-refractivity contribution in [2.45, 2.75) is 50.7 Å². The van der Waals surface area contributed by atoms with Gasteiger partial charge in [-0.3, -0.25) is 4.79 Å². The number of thioether (sulfide) groups is 1. The molecule has 0 saturated carbocycles. The summed E-state index contributed by atoms with van der Waals surface area (Å²) in [6.45, 7) is 2.99. The van der Waals surface area contributed by atoms with Crippen LogP contribution >= 0.6 is 24.0 Å². The molecule has 0 radical (unpaired) electrons. The van der Waals surface area contributed by atoms with E-state index in [1.165, 1.54) is 37.4 Å². The molecule has 1 unspecified atom stereocenters. The minimum atomic E-state index is -0.139. The molecule has 25 heavy (non-hydrogen) atoms. The number of amides is 1. The highest BCUT2D eigenvalue weighted by Gasteiger charge is 2.38. The van der Waals surface area contributed by atoms with E-state index < -0.39 is 0 Å². The van der Waals surface area contributed by atoms with E-state index in [1.807, 2.05) is 38.4 Å². The molecule has 138 valence electrons. The van der Waals surface area contributed by atoms with Gasteiger partial charge < -0.3 is 4.74 Å². The second kappa shape index (κ2) is 10.1. The van der Waals surface area contributed by atoms with Crippen molar-refractivity contribution in [2.24, 2.45) is 0 Å². The van der Waals surface area contributed by atoms with Gasteiger partial charge in [0.05, 0.1) is 11.9 Å². The average molecular weight is 381 g/mol. The van der Waals surface area contributed by atoms with Crippen molar-refractivity contribution in [1.82, 2.24) is 10.0 Å². The summed E-state index contributed by atoms with van der Waals surface area (Å²) < 4.78 is 6.42. The third kappa shape index (κ3) is 5.97. The fourth-order valence-electron chi connectivity index (χ4n) is 2.77. The van der Waals surface area contributed by atoms with Crippen LogP contribution in [0, 0.1) is 0 Å². The Hall–Kier alpha value is -1.11. The highest BCUT2D eigenvalue weighted by molar-refractivity contribution is 8.24. The van der Waals surface area contributed by atoms with Gasteiger partial charge in [-0.05, 0) is 30.5 Å². The summed E-state index contributed by atoms with van der Waals surface area (Å²) in [5.74, 6) is 0.961. The molecule has 1 aromatic rings. The number of rotatable bonds is 10. The van der Waals surface area contributed by atoms with E-state index in [4.69, 9.17) is 17.0 Å². The first-order valence-electron chi connectivity index (χ1n) is 8.96. The number of hydrogen-bond acceptors (Lipinski definition) is 5. The summed E-state index contributed by atoms with van der Waals surface area (Å²) in [4.78, 5) is 12.4. The van der Waals surface area contributed by atoms with Crippen molar-refractivity contribution in [3.63, 3.8) is 0 Å². The van der Waals surface area contributed by atoms with Crippen LogP contribution in [0.4, 0.5) is 0 Å². The van der Waals surface area contributed by atoms with E-state index >= 15 is 0 Å². The van der Waals surface area contributed by atoms with Crippen molar-refractivity contribution in [3.05, 3.63) is 29.8 Å². The Kier molecular flexibility index (Phi) is 8.19. The maximum atomic E-state index is 12.4. The Bertz CT molecular complexity index is 575. The number of unbranched alkanes of at least 4 members (excludes halogenated alkanes) is 4. The van der Waals surface area contributed by atoms with Crippen molar-refractivity contribution in [1.29, 1.82) is 0 Å². The van der Waals surface area contributed by atoms with Gasteiger partial charge in [0.1, 0.15) is 5.75 Å². The van der Waals surface area contributed by atoms with Crippen LogP contribution in [0.5, 0.6) is 5.75 Å². The highest BCUT2D eigenvalue weighted by atomic mass is 32.2. The van der Waals surface area contributed by atoms with E-state index in [-0.39, 0.29) is 11.2 Å². The molecular weight excluding hydrogens is 352 g/mol. The van der Waals surface area contributed by atoms with Gasteiger partial charge >= 0.3 is 0 Å². The third-order valence-corrected chi connectivity index (χ3v) is 5.65. The summed E-state index contributed by atoms with van der Waals surface area (Å²) in [5.41, 5.74) is 1.13. The zero-order valence-electron chi connectivity index (χ0n) is 15.4. The molecule has 1 aromatic carbocycles. The number of carbonyl (C=O) groups is 1.